The smallest absolute Gasteiger partial charge is 0.193 e. The molecule has 0 fully saturated rings. The van der Waals surface area contributed by atoms with Gasteiger partial charge in [0, 0.05) is 6.20 Å². The van der Waals surface area contributed by atoms with Gasteiger partial charge in [-0.25, -0.2) is 19.0 Å². The lowest BCUT2D eigenvalue weighted by Gasteiger charge is -2.04. The van der Waals surface area contributed by atoms with Crippen LogP contribution in [0, 0.1) is 5.82 Å². The van der Waals surface area contributed by atoms with Crippen LogP contribution in [0.4, 0.5) is 4.39 Å². The molecule has 0 bridgehead atoms. The molecule has 0 aromatic carbocycles. The maximum Gasteiger partial charge on any atom is 0.193 e. The van der Waals surface area contributed by atoms with E-state index in [1.165, 1.54) is 11.0 Å². The Balaban J connectivity index is 2.53. The summed E-state index contributed by atoms with van der Waals surface area (Å²) in [6, 6.07) is 1.72. The standard InChI is InChI=1S/C9H8BrFN4/c1-2-6-8(11)9(13-5-12-6)15-4-3-7(10)14-15/h3-5H,2H2,1H3. The van der Waals surface area contributed by atoms with E-state index in [1.54, 1.807) is 12.3 Å². The van der Waals surface area contributed by atoms with Crippen LogP contribution in [-0.2, 0) is 6.42 Å². The van der Waals surface area contributed by atoms with Crippen LogP contribution >= 0.6 is 15.9 Å². The SMILES string of the molecule is CCc1ncnc(-n2ccc(Br)n2)c1F. The van der Waals surface area contributed by atoms with Gasteiger partial charge in [-0.05, 0) is 28.4 Å². The van der Waals surface area contributed by atoms with Crippen molar-refractivity contribution < 1.29 is 4.39 Å². The van der Waals surface area contributed by atoms with Gasteiger partial charge in [-0.1, -0.05) is 6.92 Å². The minimum absolute atomic E-state index is 0.174. The summed E-state index contributed by atoms with van der Waals surface area (Å²) in [6.07, 6.45) is 3.51. The second-order valence-corrected chi connectivity index (χ2v) is 3.71. The van der Waals surface area contributed by atoms with Crippen molar-refractivity contribution in [2.75, 3.05) is 0 Å². The van der Waals surface area contributed by atoms with E-state index in [2.05, 4.69) is 31.0 Å². The fraction of sp³-hybridized carbons (Fsp3) is 0.222. The van der Waals surface area contributed by atoms with Crippen molar-refractivity contribution in [2.24, 2.45) is 0 Å². The molecule has 2 aromatic heterocycles. The molecular weight excluding hydrogens is 263 g/mol. The Morgan fingerprint density at radius 2 is 2.27 bits per heavy atom. The van der Waals surface area contributed by atoms with Crippen molar-refractivity contribution in [2.45, 2.75) is 13.3 Å². The van der Waals surface area contributed by atoms with E-state index < -0.39 is 5.82 Å². The minimum atomic E-state index is -0.421. The Morgan fingerprint density at radius 1 is 1.47 bits per heavy atom. The van der Waals surface area contributed by atoms with Crippen molar-refractivity contribution >= 4 is 15.9 Å². The van der Waals surface area contributed by atoms with Crippen LogP contribution < -0.4 is 0 Å². The molecule has 6 heteroatoms. The van der Waals surface area contributed by atoms with Crippen LogP contribution in [0.5, 0.6) is 0 Å². The molecule has 78 valence electrons. The van der Waals surface area contributed by atoms with Crippen molar-refractivity contribution in [3.63, 3.8) is 0 Å². The number of nitrogens with zero attached hydrogens (tertiary/aromatic N) is 4. The third-order valence-corrected chi connectivity index (χ3v) is 2.37. The number of aromatic nitrogens is 4. The van der Waals surface area contributed by atoms with Gasteiger partial charge in [-0.3, -0.25) is 0 Å². The van der Waals surface area contributed by atoms with E-state index in [0.717, 1.165) is 0 Å². The third kappa shape index (κ3) is 1.90. The number of aryl methyl sites for hydroxylation is 1. The predicted molar refractivity (Wildman–Crippen MR) is 56.2 cm³/mol. The second-order valence-electron chi connectivity index (χ2n) is 2.89. The van der Waals surface area contributed by atoms with Crippen LogP contribution in [-0.4, -0.2) is 19.7 Å². The normalized spacial score (nSPS) is 10.6. The zero-order valence-electron chi connectivity index (χ0n) is 7.98. The Kier molecular flexibility index (Phi) is 2.77. The first-order valence-corrected chi connectivity index (χ1v) is 5.22. The molecule has 2 heterocycles. The van der Waals surface area contributed by atoms with Gasteiger partial charge in [0.05, 0.1) is 5.69 Å². The molecule has 4 nitrogen and oxygen atoms in total. The molecule has 0 aliphatic carbocycles. The average Bonchev–Trinajstić information content (AvgIpc) is 2.65. The van der Waals surface area contributed by atoms with Crippen molar-refractivity contribution in [3.05, 3.63) is 34.7 Å². The molecule has 2 rings (SSSR count). The largest absolute Gasteiger partial charge is 0.238 e. The molecule has 0 saturated heterocycles. The van der Waals surface area contributed by atoms with Gasteiger partial charge in [0.1, 0.15) is 10.9 Å². The van der Waals surface area contributed by atoms with E-state index in [1.807, 2.05) is 6.92 Å². The molecule has 2 aromatic rings. The van der Waals surface area contributed by atoms with E-state index in [4.69, 9.17) is 0 Å². The lowest BCUT2D eigenvalue weighted by Crippen LogP contribution is -2.06. The van der Waals surface area contributed by atoms with Gasteiger partial charge in [-0.15, -0.1) is 0 Å². The Labute approximate surface area is 94.3 Å². The van der Waals surface area contributed by atoms with Gasteiger partial charge in [-0.2, -0.15) is 5.10 Å². The summed E-state index contributed by atoms with van der Waals surface area (Å²) in [4.78, 5) is 7.71. The molecule has 15 heavy (non-hydrogen) atoms. The fourth-order valence-electron chi connectivity index (χ4n) is 1.22. The van der Waals surface area contributed by atoms with E-state index in [0.29, 0.717) is 16.7 Å². The van der Waals surface area contributed by atoms with Gasteiger partial charge in [0.2, 0.25) is 0 Å². The molecule has 0 atom stereocenters. The third-order valence-electron chi connectivity index (χ3n) is 1.95. The van der Waals surface area contributed by atoms with E-state index >= 15 is 0 Å². The summed E-state index contributed by atoms with van der Waals surface area (Å²) in [5, 5.41) is 4.02. The summed E-state index contributed by atoms with van der Waals surface area (Å²) in [5.74, 6) is -0.247. The summed E-state index contributed by atoms with van der Waals surface area (Å²) in [6.45, 7) is 1.84. The Morgan fingerprint density at radius 3 is 2.87 bits per heavy atom. The molecule has 0 unspecified atom stereocenters. The maximum absolute atomic E-state index is 13.8. The highest BCUT2D eigenvalue weighted by Crippen LogP contribution is 2.14. The molecule has 0 saturated carbocycles. The fourth-order valence-corrected chi connectivity index (χ4v) is 1.51. The first-order chi connectivity index (χ1) is 7.22. The second kappa shape index (κ2) is 4.06. The molecule has 0 spiro atoms. The summed E-state index contributed by atoms with van der Waals surface area (Å²) in [7, 11) is 0. The molecule has 0 aliphatic rings. The molecule has 0 aliphatic heterocycles. The van der Waals surface area contributed by atoms with Crippen molar-refractivity contribution in [1.82, 2.24) is 19.7 Å². The Bertz CT molecular complexity index is 483. The monoisotopic (exact) mass is 270 g/mol. The van der Waals surface area contributed by atoms with Crippen LogP contribution in [0.3, 0.4) is 0 Å². The van der Waals surface area contributed by atoms with Crippen LogP contribution in [0.25, 0.3) is 5.82 Å². The van der Waals surface area contributed by atoms with Crippen molar-refractivity contribution in [1.29, 1.82) is 0 Å². The molecule has 0 amide bonds. The highest BCUT2D eigenvalue weighted by atomic mass is 79.9. The van der Waals surface area contributed by atoms with Crippen molar-refractivity contribution in [3.8, 4) is 5.82 Å². The van der Waals surface area contributed by atoms with Crippen LogP contribution in [0.15, 0.2) is 23.2 Å². The first-order valence-electron chi connectivity index (χ1n) is 4.43. The molecule has 0 N–H and O–H groups in total. The van der Waals surface area contributed by atoms with E-state index in [-0.39, 0.29) is 5.82 Å². The van der Waals surface area contributed by atoms with Gasteiger partial charge in [0.25, 0.3) is 0 Å². The van der Waals surface area contributed by atoms with Crippen LogP contribution in [0.2, 0.25) is 0 Å². The van der Waals surface area contributed by atoms with Crippen LogP contribution in [0.1, 0.15) is 12.6 Å². The average molecular weight is 271 g/mol. The van der Waals surface area contributed by atoms with Gasteiger partial charge in [0.15, 0.2) is 11.6 Å². The summed E-state index contributed by atoms with van der Waals surface area (Å²) in [5.41, 5.74) is 0.395. The zero-order valence-corrected chi connectivity index (χ0v) is 9.57. The summed E-state index contributed by atoms with van der Waals surface area (Å²) >= 11 is 3.19. The number of rotatable bonds is 2. The Hall–Kier alpha value is -1.30. The molecular formula is C9H8BrFN4. The highest BCUT2D eigenvalue weighted by Gasteiger charge is 2.11. The lowest BCUT2D eigenvalue weighted by molar-refractivity contribution is 0.574. The van der Waals surface area contributed by atoms with Gasteiger partial charge < -0.3 is 0 Å². The number of hydrogen-bond acceptors (Lipinski definition) is 3. The topological polar surface area (TPSA) is 43.6 Å². The van der Waals surface area contributed by atoms with E-state index in [9.17, 15) is 4.39 Å². The maximum atomic E-state index is 13.8. The number of hydrogen-bond donors (Lipinski definition) is 0. The predicted octanol–water partition coefficient (Wildman–Crippen LogP) is 2.13. The lowest BCUT2D eigenvalue weighted by atomic mass is 10.3. The summed E-state index contributed by atoms with van der Waals surface area (Å²) < 4.78 is 15.8. The molecule has 0 radical (unpaired) electrons. The van der Waals surface area contributed by atoms with Gasteiger partial charge >= 0.3 is 0 Å². The zero-order chi connectivity index (χ0) is 10.8. The minimum Gasteiger partial charge on any atom is -0.238 e. The quantitative estimate of drug-likeness (QED) is 0.840. The first kappa shape index (κ1) is 10.2. The highest BCUT2D eigenvalue weighted by molar-refractivity contribution is 9.10. The number of halogens is 2.